The van der Waals surface area contributed by atoms with Gasteiger partial charge in [0.05, 0.1) is 0 Å². The molecule has 0 spiro atoms. The smallest absolute Gasteiger partial charge is 0.406 e. The molecule has 1 heterocycles. The Morgan fingerprint density at radius 2 is 1.86 bits per heavy atom. The molecule has 1 fully saturated rings. The molecule has 1 aliphatic rings. The molecule has 0 aromatic rings. The molecule has 1 aliphatic heterocycles. The Labute approximate surface area is 121 Å². The number of carbonyl (C=O) groups excluding carboxylic acids is 1. The summed E-state index contributed by atoms with van der Waals surface area (Å²) in [5.74, 6) is -0.626. The van der Waals surface area contributed by atoms with Crippen LogP contribution in [0.25, 0.3) is 0 Å². The van der Waals surface area contributed by atoms with E-state index in [2.05, 4.69) is 0 Å². The summed E-state index contributed by atoms with van der Waals surface area (Å²) >= 11 is 0. The van der Waals surface area contributed by atoms with Crippen molar-refractivity contribution in [2.45, 2.75) is 38.8 Å². The van der Waals surface area contributed by atoms with Gasteiger partial charge in [-0.2, -0.15) is 13.2 Å². The molecule has 2 amide bonds. The SMILES string of the molecule is CCN(CC(F)(F)F)C(=O)N1CCC(CCC(=O)O)CC1. The largest absolute Gasteiger partial charge is 0.481 e. The molecule has 0 radical (unpaired) electrons. The summed E-state index contributed by atoms with van der Waals surface area (Å²) in [5, 5.41) is 8.62. The third kappa shape index (κ3) is 6.22. The first-order chi connectivity index (χ1) is 9.73. The van der Waals surface area contributed by atoms with Gasteiger partial charge in [0.1, 0.15) is 6.54 Å². The van der Waals surface area contributed by atoms with Crippen LogP contribution in [0.5, 0.6) is 0 Å². The highest BCUT2D eigenvalue weighted by molar-refractivity contribution is 5.74. The summed E-state index contributed by atoms with van der Waals surface area (Å²) in [7, 11) is 0. The lowest BCUT2D eigenvalue weighted by molar-refractivity contribution is -0.140. The monoisotopic (exact) mass is 310 g/mol. The highest BCUT2D eigenvalue weighted by Gasteiger charge is 2.34. The minimum atomic E-state index is -4.40. The van der Waals surface area contributed by atoms with Crippen LogP contribution in [0.2, 0.25) is 0 Å². The zero-order chi connectivity index (χ0) is 16.0. The number of hydrogen-bond acceptors (Lipinski definition) is 2. The van der Waals surface area contributed by atoms with Crippen molar-refractivity contribution in [2.24, 2.45) is 5.92 Å². The van der Waals surface area contributed by atoms with Gasteiger partial charge in [0.25, 0.3) is 0 Å². The number of rotatable bonds is 5. The van der Waals surface area contributed by atoms with E-state index in [9.17, 15) is 22.8 Å². The van der Waals surface area contributed by atoms with Crippen LogP contribution >= 0.6 is 0 Å². The second-order valence-corrected chi connectivity index (χ2v) is 5.27. The van der Waals surface area contributed by atoms with Crippen LogP contribution in [0.15, 0.2) is 0 Å². The van der Waals surface area contributed by atoms with E-state index in [1.165, 1.54) is 11.8 Å². The van der Waals surface area contributed by atoms with Crippen molar-refractivity contribution in [3.05, 3.63) is 0 Å². The van der Waals surface area contributed by atoms with Crippen LogP contribution < -0.4 is 0 Å². The van der Waals surface area contributed by atoms with E-state index in [1.807, 2.05) is 0 Å². The van der Waals surface area contributed by atoms with Gasteiger partial charge < -0.3 is 14.9 Å². The number of aliphatic carboxylic acids is 1. The van der Waals surface area contributed by atoms with Crippen LogP contribution in [-0.2, 0) is 4.79 Å². The topological polar surface area (TPSA) is 60.9 Å². The molecule has 0 saturated carbocycles. The third-order valence-electron chi connectivity index (χ3n) is 3.67. The Balaban J connectivity index is 2.45. The van der Waals surface area contributed by atoms with Crippen molar-refractivity contribution < 1.29 is 27.9 Å². The third-order valence-corrected chi connectivity index (χ3v) is 3.67. The van der Waals surface area contributed by atoms with Crippen LogP contribution in [0.1, 0.15) is 32.6 Å². The molecule has 1 N–H and O–H groups in total. The molecular weight excluding hydrogens is 289 g/mol. The number of carbonyl (C=O) groups is 2. The number of carboxylic acid groups (broad SMARTS) is 1. The van der Waals surface area contributed by atoms with Gasteiger partial charge in [-0.25, -0.2) is 4.79 Å². The molecule has 0 aromatic heterocycles. The summed E-state index contributed by atoms with van der Waals surface area (Å²) in [6.45, 7) is 1.07. The van der Waals surface area contributed by atoms with Crippen molar-refractivity contribution in [1.29, 1.82) is 0 Å². The standard InChI is InChI=1S/C13H21F3N2O3/c1-2-17(9-13(14,15)16)12(21)18-7-5-10(6-8-18)3-4-11(19)20/h10H,2-9H2,1H3,(H,19,20). The highest BCUT2D eigenvalue weighted by atomic mass is 19.4. The molecule has 0 aromatic carbocycles. The minimum absolute atomic E-state index is 0.0112. The lowest BCUT2D eigenvalue weighted by atomic mass is 9.92. The average molecular weight is 310 g/mol. The first-order valence-electron chi connectivity index (χ1n) is 7.05. The number of piperidine rings is 1. The van der Waals surface area contributed by atoms with Crippen molar-refractivity contribution >= 4 is 12.0 Å². The Kier molecular flexibility index (Phi) is 6.29. The van der Waals surface area contributed by atoms with Crippen LogP contribution in [0.3, 0.4) is 0 Å². The molecular formula is C13H21F3N2O3. The molecule has 0 unspecified atom stereocenters. The van der Waals surface area contributed by atoms with E-state index < -0.39 is 24.7 Å². The maximum absolute atomic E-state index is 12.4. The summed E-state index contributed by atoms with van der Waals surface area (Å²) in [6, 6.07) is -0.591. The second kappa shape index (κ2) is 7.51. The Morgan fingerprint density at radius 3 is 2.29 bits per heavy atom. The van der Waals surface area contributed by atoms with Gasteiger partial charge >= 0.3 is 18.2 Å². The quantitative estimate of drug-likeness (QED) is 0.849. The number of likely N-dealkylation sites (tertiary alicyclic amines) is 1. The highest BCUT2D eigenvalue weighted by Crippen LogP contribution is 2.23. The number of halogens is 3. The lowest BCUT2D eigenvalue weighted by Gasteiger charge is -2.35. The molecule has 0 bridgehead atoms. The van der Waals surface area contributed by atoms with E-state index in [0.717, 1.165) is 4.90 Å². The number of alkyl halides is 3. The lowest BCUT2D eigenvalue weighted by Crippen LogP contribution is -2.49. The summed E-state index contributed by atoms with van der Waals surface area (Å²) in [5.41, 5.74) is 0. The molecule has 1 saturated heterocycles. The fourth-order valence-electron chi connectivity index (χ4n) is 2.47. The van der Waals surface area contributed by atoms with Gasteiger partial charge in [0, 0.05) is 26.1 Å². The number of urea groups is 1. The van der Waals surface area contributed by atoms with Crippen LogP contribution in [0, 0.1) is 5.92 Å². The van der Waals surface area contributed by atoms with Gasteiger partial charge in [-0.05, 0) is 32.1 Å². The number of nitrogens with zero attached hydrogens (tertiary/aromatic N) is 2. The normalized spacial score (nSPS) is 16.9. The summed E-state index contributed by atoms with van der Waals surface area (Å²) in [6.07, 6.45) is -2.47. The first kappa shape index (κ1) is 17.6. The molecule has 1 rings (SSSR count). The Bertz CT molecular complexity index is 366. The Hall–Kier alpha value is -1.47. The van der Waals surface area contributed by atoms with E-state index in [-0.39, 0.29) is 18.9 Å². The molecule has 8 heteroatoms. The fourth-order valence-corrected chi connectivity index (χ4v) is 2.47. The maximum Gasteiger partial charge on any atom is 0.406 e. The second-order valence-electron chi connectivity index (χ2n) is 5.27. The molecule has 5 nitrogen and oxygen atoms in total. The Morgan fingerprint density at radius 1 is 1.29 bits per heavy atom. The molecule has 0 atom stereocenters. The minimum Gasteiger partial charge on any atom is -0.481 e. The first-order valence-corrected chi connectivity index (χ1v) is 7.05. The van der Waals surface area contributed by atoms with Crippen molar-refractivity contribution in [3.63, 3.8) is 0 Å². The predicted molar refractivity (Wildman–Crippen MR) is 69.9 cm³/mol. The number of hydrogen-bond donors (Lipinski definition) is 1. The fraction of sp³-hybridized carbons (Fsp3) is 0.846. The van der Waals surface area contributed by atoms with E-state index in [0.29, 0.717) is 32.4 Å². The zero-order valence-electron chi connectivity index (χ0n) is 12.0. The van der Waals surface area contributed by atoms with Gasteiger partial charge in [-0.1, -0.05) is 0 Å². The predicted octanol–water partition coefficient (Wildman–Crippen LogP) is 2.57. The van der Waals surface area contributed by atoms with E-state index >= 15 is 0 Å². The van der Waals surface area contributed by atoms with Gasteiger partial charge in [0.2, 0.25) is 0 Å². The van der Waals surface area contributed by atoms with Gasteiger partial charge in [-0.15, -0.1) is 0 Å². The van der Waals surface area contributed by atoms with Crippen molar-refractivity contribution in [2.75, 3.05) is 26.2 Å². The van der Waals surface area contributed by atoms with E-state index in [1.54, 1.807) is 0 Å². The number of carboxylic acids is 1. The zero-order valence-corrected chi connectivity index (χ0v) is 12.0. The molecule has 0 aliphatic carbocycles. The molecule has 21 heavy (non-hydrogen) atoms. The van der Waals surface area contributed by atoms with Crippen molar-refractivity contribution in [1.82, 2.24) is 9.80 Å². The van der Waals surface area contributed by atoms with Crippen LogP contribution in [0.4, 0.5) is 18.0 Å². The van der Waals surface area contributed by atoms with Crippen LogP contribution in [-0.4, -0.2) is 59.3 Å². The molecule has 122 valence electrons. The van der Waals surface area contributed by atoms with Gasteiger partial charge in [-0.3, -0.25) is 4.79 Å². The van der Waals surface area contributed by atoms with E-state index in [4.69, 9.17) is 5.11 Å². The maximum atomic E-state index is 12.4. The number of amides is 2. The van der Waals surface area contributed by atoms with Crippen molar-refractivity contribution in [3.8, 4) is 0 Å². The summed E-state index contributed by atoms with van der Waals surface area (Å²) in [4.78, 5) is 24.7. The summed E-state index contributed by atoms with van der Waals surface area (Å²) < 4.78 is 37.2. The van der Waals surface area contributed by atoms with Gasteiger partial charge in [0.15, 0.2) is 0 Å². The average Bonchev–Trinajstić information content (AvgIpc) is 2.41.